The van der Waals surface area contributed by atoms with Crippen LogP contribution in [0.15, 0.2) is 12.4 Å². The van der Waals surface area contributed by atoms with E-state index in [1.54, 1.807) is 17.3 Å². The summed E-state index contributed by atoms with van der Waals surface area (Å²) in [7, 11) is 3.74. The van der Waals surface area contributed by atoms with Crippen LogP contribution in [-0.2, 0) is 4.74 Å². The van der Waals surface area contributed by atoms with E-state index >= 15 is 0 Å². The van der Waals surface area contributed by atoms with Gasteiger partial charge in [0.15, 0.2) is 0 Å². The maximum absolute atomic E-state index is 12.2. The minimum atomic E-state index is -0.218. The van der Waals surface area contributed by atoms with Gasteiger partial charge in [-0.15, -0.1) is 0 Å². The predicted octanol–water partition coefficient (Wildman–Crippen LogP) is 1.48. The third-order valence-electron chi connectivity index (χ3n) is 4.68. The molecule has 2 amide bonds. The van der Waals surface area contributed by atoms with Crippen LogP contribution in [0, 0.1) is 11.3 Å². The van der Waals surface area contributed by atoms with E-state index in [-0.39, 0.29) is 23.6 Å². The number of hydrogen-bond acceptors (Lipinski definition) is 5. The number of hydrogen-bond donors (Lipinski definition) is 2. The van der Waals surface area contributed by atoms with E-state index < -0.39 is 0 Å². The normalized spacial score (nSPS) is 28.5. The van der Waals surface area contributed by atoms with Crippen LogP contribution in [0.25, 0.3) is 0 Å². The summed E-state index contributed by atoms with van der Waals surface area (Å²) in [5.41, 5.74) is 0.559. The van der Waals surface area contributed by atoms with E-state index in [4.69, 9.17) is 4.74 Å². The van der Waals surface area contributed by atoms with Crippen molar-refractivity contribution in [2.45, 2.75) is 32.4 Å². The Morgan fingerprint density at radius 2 is 2.05 bits per heavy atom. The Labute approximate surface area is 130 Å². The number of fused-ring (bicyclic) bond motifs is 1. The van der Waals surface area contributed by atoms with Crippen molar-refractivity contribution >= 4 is 17.7 Å². The number of nitrogens with zero attached hydrogens (tertiary/aromatic N) is 3. The molecule has 0 radical (unpaired) electrons. The number of nitrogens with one attached hydrogen (secondary N) is 2. The molecule has 3 atom stereocenters. The molecule has 22 heavy (non-hydrogen) atoms. The van der Waals surface area contributed by atoms with Crippen LogP contribution in [0.4, 0.5) is 16.4 Å². The van der Waals surface area contributed by atoms with Gasteiger partial charge in [-0.25, -0.2) is 14.8 Å². The third kappa shape index (κ3) is 2.49. The second-order valence-corrected chi connectivity index (χ2v) is 6.81. The lowest BCUT2D eigenvalue weighted by Gasteiger charge is -2.54. The molecule has 1 aromatic rings. The van der Waals surface area contributed by atoms with Gasteiger partial charge in [-0.2, -0.15) is 0 Å². The van der Waals surface area contributed by atoms with Crippen molar-refractivity contribution in [1.82, 2.24) is 15.3 Å². The van der Waals surface area contributed by atoms with Crippen LogP contribution in [0.3, 0.4) is 0 Å². The molecule has 7 heteroatoms. The van der Waals surface area contributed by atoms with Gasteiger partial charge in [0.05, 0.1) is 24.2 Å². The summed E-state index contributed by atoms with van der Waals surface area (Å²) < 4.78 is 5.74. The number of aromatic nitrogens is 2. The number of carbonyl (C=O) groups excluding carboxylic acids is 1. The second kappa shape index (κ2) is 5.39. The largest absolute Gasteiger partial charge is 0.377 e. The quantitative estimate of drug-likeness (QED) is 0.884. The van der Waals surface area contributed by atoms with Gasteiger partial charge in [-0.3, -0.25) is 0 Å². The molecule has 1 saturated heterocycles. The number of amides is 2. The molecule has 7 nitrogen and oxygen atoms in total. The lowest BCUT2D eigenvalue weighted by molar-refractivity contribution is -0.107. The lowest BCUT2D eigenvalue weighted by Crippen LogP contribution is -2.67. The fraction of sp³-hybridized carbons (Fsp3) is 0.667. The van der Waals surface area contributed by atoms with Crippen LogP contribution >= 0.6 is 0 Å². The topological polar surface area (TPSA) is 79.4 Å². The number of urea groups is 1. The summed E-state index contributed by atoms with van der Waals surface area (Å²) in [6.45, 7) is 5.07. The van der Waals surface area contributed by atoms with Crippen molar-refractivity contribution in [2.24, 2.45) is 11.3 Å². The Bertz CT molecular complexity index is 558. The first kappa shape index (κ1) is 15.0. The third-order valence-corrected chi connectivity index (χ3v) is 4.68. The minimum Gasteiger partial charge on any atom is -0.377 e. The molecule has 1 aliphatic heterocycles. The van der Waals surface area contributed by atoms with Gasteiger partial charge in [-0.05, 0) is 6.42 Å². The maximum Gasteiger partial charge on any atom is 0.319 e. The summed E-state index contributed by atoms with van der Waals surface area (Å²) in [4.78, 5) is 22.3. The summed E-state index contributed by atoms with van der Waals surface area (Å²) in [6, 6.07) is -0.0772. The van der Waals surface area contributed by atoms with Gasteiger partial charge >= 0.3 is 6.03 Å². The monoisotopic (exact) mass is 305 g/mol. The van der Waals surface area contributed by atoms with Gasteiger partial charge in [0, 0.05) is 38.1 Å². The highest BCUT2D eigenvalue weighted by atomic mass is 16.5. The van der Waals surface area contributed by atoms with E-state index in [1.165, 1.54) is 0 Å². The summed E-state index contributed by atoms with van der Waals surface area (Å²) in [5, 5.41) is 5.86. The molecule has 2 N–H and O–H groups in total. The smallest absolute Gasteiger partial charge is 0.319 e. The van der Waals surface area contributed by atoms with Gasteiger partial charge in [0.1, 0.15) is 0 Å². The molecule has 2 fully saturated rings. The van der Waals surface area contributed by atoms with Crippen molar-refractivity contribution in [2.75, 3.05) is 30.9 Å². The van der Waals surface area contributed by atoms with Crippen LogP contribution in [0.2, 0.25) is 0 Å². The molecular weight excluding hydrogens is 282 g/mol. The maximum atomic E-state index is 12.2. The first-order valence-corrected chi connectivity index (χ1v) is 7.58. The van der Waals surface area contributed by atoms with Crippen molar-refractivity contribution in [3.05, 3.63) is 12.4 Å². The Morgan fingerprint density at radius 1 is 1.36 bits per heavy atom. The molecule has 0 spiro atoms. The summed E-state index contributed by atoms with van der Waals surface area (Å²) in [6.07, 6.45) is 4.49. The van der Waals surface area contributed by atoms with Crippen molar-refractivity contribution < 1.29 is 9.53 Å². The molecule has 1 aromatic heterocycles. The van der Waals surface area contributed by atoms with E-state index in [0.717, 1.165) is 13.0 Å². The van der Waals surface area contributed by atoms with Crippen LogP contribution in [0.5, 0.6) is 0 Å². The molecule has 1 aliphatic carbocycles. The average Bonchev–Trinajstić information content (AvgIpc) is 2.92. The number of rotatable bonds is 3. The molecule has 1 saturated carbocycles. The SMILES string of the molecule is CN(C)c1ncc(NC(=O)NC2C3CCOC3C2(C)C)cn1. The highest BCUT2D eigenvalue weighted by Gasteiger charge is 2.59. The zero-order valence-corrected chi connectivity index (χ0v) is 13.5. The second-order valence-electron chi connectivity index (χ2n) is 6.81. The predicted molar refractivity (Wildman–Crippen MR) is 83.9 cm³/mol. The Morgan fingerprint density at radius 3 is 2.68 bits per heavy atom. The Balaban J connectivity index is 1.58. The van der Waals surface area contributed by atoms with Gasteiger partial charge < -0.3 is 20.3 Å². The average molecular weight is 305 g/mol. The van der Waals surface area contributed by atoms with Crippen LogP contribution in [-0.4, -0.2) is 48.8 Å². The van der Waals surface area contributed by atoms with Gasteiger partial charge in [-0.1, -0.05) is 13.8 Å². The highest BCUT2D eigenvalue weighted by molar-refractivity contribution is 5.89. The highest BCUT2D eigenvalue weighted by Crippen LogP contribution is 2.52. The zero-order valence-electron chi connectivity index (χ0n) is 13.5. The van der Waals surface area contributed by atoms with E-state index in [2.05, 4.69) is 34.4 Å². The molecule has 3 unspecified atom stereocenters. The summed E-state index contributed by atoms with van der Waals surface area (Å²) >= 11 is 0. The minimum absolute atomic E-state index is 0.0240. The first-order valence-electron chi connectivity index (χ1n) is 7.58. The fourth-order valence-electron chi connectivity index (χ4n) is 3.54. The first-order chi connectivity index (χ1) is 10.4. The van der Waals surface area contributed by atoms with E-state index in [1.807, 2.05) is 14.1 Å². The van der Waals surface area contributed by atoms with Crippen LogP contribution < -0.4 is 15.5 Å². The zero-order chi connectivity index (χ0) is 15.9. The Hall–Kier alpha value is -1.89. The van der Waals surface area contributed by atoms with Crippen molar-refractivity contribution in [3.8, 4) is 0 Å². The van der Waals surface area contributed by atoms with Gasteiger partial charge in [0.25, 0.3) is 0 Å². The fourth-order valence-corrected chi connectivity index (χ4v) is 3.54. The molecule has 3 rings (SSSR count). The molecular formula is C15H23N5O2. The summed E-state index contributed by atoms with van der Waals surface area (Å²) in [5.74, 6) is 1.03. The van der Waals surface area contributed by atoms with E-state index in [9.17, 15) is 4.79 Å². The van der Waals surface area contributed by atoms with Crippen molar-refractivity contribution in [3.63, 3.8) is 0 Å². The number of carbonyl (C=O) groups is 1. The van der Waals surface area contributed by atoms with Crippen LogP contribution in [0.1, 0.15) is 20.3 Å². The van der Waals surface area contributed by atoms with Crippen molar-refractivity contribution in [1.29, 1.82) is 0 Å². The molecule has 120 valence electrons. The van der Waals surface area contributed by atoms with Gasteiger partial charge in [0.2, 0.25) is 5.95 Å². The standard InChI is InChI=1S/C15H23N5O2/c1-15(2)11(10-5-6-22-12(10)15)19-14(21)18-9-7-16-13(17-8-9)20(3)4/h7-8,10-12H,5-6H2,1-4H3,(H2,18,19,21). The molecule has 0 aromatic carbocycles. The molecule has 0 bridgehead atoms. The number of anilines is 2. The Kier molecular flexibility index (Phi) is 3.68. The lowest BCUT2D eigenvalue weighted by atomic mass is 9.57. The molecule has 2 heterocycles. The number of ether oxygens (including phenoxy) is 1. The van der Waals surface area contributed by atoms with E-state index in [0.29, 0.717) is 17.6 Å². The molecule has 2 aliphatic rings.